The largest absolute Gasteiger partial charge is 0.489 e. The molecule has 0 saturated carbocycles. The molecule has 3 aliphatic heterocycles. The normalized spacial score (nSPS) is 24.2. The van der Waals surface area contributed by atoms with Crippen LogP contribution < -0.4 is 20.1 Å². The van der Waals surface area contributed by atoms with Crippen LogP contribution in [0.3, 0.4) is 0 Å². The van der Waals surface area contributed by atoms with Gasteiger partial charge in [0, 0.05) is 56.7 Å². The highest BCUT2D eigenvalue weighted by atomic mass is 16.7. The Kier molecular flexibility index (Phi) is 8.07. The molecule has 2 atom stereocenters. The quantitative estimate of drug-likeness (QED) is 0.548. The van der Waals surface area contributed by atoms with Gasteiger partial charge in [-0.05, 0) is 26.0 Å². The number of nitrogens with one attached hydrogen (secondary N) is 2. The predicted molar refractivity (Wildman–Crippen MR) is 119 cm³/mol. The van der Waals surface area contributed by atoms with Gasteiger partial charge >= 0.3 is 0 Å². The number of carbonyl (C=O) groups excluding carboxylic acids is 1. The summed E-state index contributed by atoms with van der Waals surface area (Å²) in [6.07, 6.45) is 1.80. The number of anilines is 1. The zero-order valence-electron chi connectivity index (χ0n) is 18.8. The molecule has 0 bridgehead atoms. The molecule has 0 radical (unpaired) electrons. The van der Waals surface area contributed by atoms with Crippen LogP contribution in [-0.4, -0.2) is 87.5 Å². The number of likely N-dealkylation sites (tertiary alicyclic amines) is 1. The summed E-state index contributed by atoms with van der Waals surface area (Å²) in [5.41, 5.74) is 1.29. The van der Waals surface area contributed by atoms with E-state index in [0.717, 1.165) is 44.6 Å². The molecule has 0 unspecified atom stereocenters. The summed E-state index contributed by atoms with van der Waals surface area (Å²) in [6, 6.07) is 3.68. The highest BCUT2D eigenvalue weighted by Crippen LogP contribution is 2.36. The molecule has 9 nitrogen and oxygen atoms in total. The van der Waals surface area contributed by atoms with Crippen molar-refractivity contribution in [1.29, 1.82) is 0 Å². The molecule has 1 amide bonds. The highest BCUT2D eigenvalue weighted by Gasteiger charge is 2.29. The molecular formula is C23H35N3O6. The van der Waals surface area contributed by atoms with Crippen molar-refractivity contribution in [3.63, 3.8) is 0 Å². The molecule has 2 fully saturated rings. The number of aliphatic hydroxyl groups is 1. The van der Waals surface area contributed by atoms with Crippen LogP contribution in [0.5, 0.6) is 11.5 Å². The van der Waals surface area contributed by atoms with E-state index in [1.54, 1.807) is 6.07 Å². The molecule has 178 valence electrons. The maximum Gasteiger partial charge on any atom is 0.255 e. The van der Waals surface area contributed by atoms with Crippen LogP contribution in [0.25, 0.3) is 0 Å². The number of amides is 1. The number of fused-ring (bicyclic) bond motifs is 1. The van der Waals surface area contributed by atoms with Crippen LogP contribution >= 0.6 is 0 Å². The third kappa shape index (κ3) is 5.83. The van der Waals surface area contributed by atoms with Gasteiger partial charge in [0.15, 0.2) is 17.8 Å². The first-order valence-corrected chi connectivity index (χ1v) is 11.7. The minimum absolute atomic E-state index is 0.0157. The molecule has 3 aliphatic rings. The van der Waals surface area contributed by atoms with Crippen molar-refractivity contribution in [1.82, 2.24) is 10.2 Å². The highest BCUT2D eigenvalue weighted by molar-refractivity contribution is 5.99. The number of benzene rings is 1. The Labute approximate surface area is 189 Å². The number of rotatable bonds is 8. The molecule has 4 rings (SSSR count). The fourth-order valence-electron chi connectivity index (χ4n) is 4.42. The summed E-state index contributed by atoms with van der Waals surface area (Å²) in [6.45, 7) is 7.87. The van der Waals surface area contributed by atoms with Crippen molar-refractivity contribution in [2.24, 2.45) is 5.92 Å². The number of aliphatic hydroxyl groups excluding tert-OH is 1. The number of β-amino-alcohol motifs (C(OH)–C–C–N with tert-alkyl or cyclic N) is 1. The maximum atomic E-state index is 13.1. The lowest BCUT2D eigenvalue weighted by atomic mass is 9.93. The van der Waals surface area contributed by atoms with Crippen LogP contribution in [0.15, 0.2) is 12.1 Å². The molecule has 0 spiro atoms. The Morgan fingerprint density at radius 3 is 2.78 bits per heavy atom. The van der Waals surface area contributed by atoms with E-state index in [4.69, 9.17) is 18.9 Å². The predicted octanol–water partition coefficient (Wildman–Crippen LogP) is 1.46. The minimum atomic E-state index is -0.487. The van der Waals surface area contributed by atoms with Gasteiger partial charge in [0.2, 0.25) is 0 Å². The van der Waals surface area contributed by atoms with Gasteiger partial charge in [0.25, 0.3) is 5.91 Å². The summed E-state index contributed by atoms with van der Waals surface area (Å²) < 4.78 is 22.6. The van der Waals surface area contributed by atoms with Crippen LogP contribution in [0, 0.1) is 5.92 Å². The van der Waals surface area contributed by atoms with Crippen molar-refractivity contribution in [2.45, 2.75) is 38.6 Å². The third-order valence-corrected chi connectivity index (χ3v) is 6.18. The van der Waals surface area contributed by atoms with Crippen molar-refractivity contribution in [2.75, 3.05) is 64.5 Å². The van der Waals surface area contributed by atoms with Gasteiger partial charge in [-0.2, -0.15) is 0 Å². The number of carbonyl (C=O) groups is 1. The van der Waals surface area contributed by atoms with Crippen LogP contribution in [-0.2, 0) is 9.47 Å². The number of hydrogen-bond donors (Lipinski definition) is 3. The van der Waals surface area contributed by atoms with Crippen molar-refractivity contribution < 1.29 is 28.8 Å². The summed E-state index contributed by atoms with van der Waals surface area (Å²) in [5.74, 6) is 0.890. The Morgan fingerprint density at radius 1 is 1.19 bits per heavy atom. The number of ether oxygens (including phenoxy) is 4. The van der Waals surface area contributed by atoms with Crippen molar-refractivity contribution in [3.05, 3.63) is 17.7 Å². The van der Waals surface area contributed by atoms with Gasteiger partial charge in [-0.3, -0.25) is 4.79 Å². The van der Waals surface area contributed by atoms with E-state index in [0.29, 0.717) is 56.6 Å². The molecule has 1 aromatic carbocycles. The van der Waals surface area contributed by atoms with E-state index < -0.39 is 6.10 Å². The molecule has 1 aromatic rings. The average molecular weight is 450 g/mol. The molecule has 0 aliphatic carbocycles. The van der Waals surface area contributed by atoms with Crippen molar-refractivity contribution >= 4 is 11.6 Å². The molecule has 9 heteroatoms. The van der Waals surface area contributed by atoms with Crippen LogP contribution in [0.1, 0.15) is 36.5 Å². The van der Waals surface area contributed by atoms with E-state index in [9.17, 15) is 9.90 Å². The van der Waals surface area contributed by atoms with Gasteiger partial charge in [0.1, 0.15) is 0 Å². The minimum Gasteiger partial charge on any atom is -0.489 e. The van der Waals surface area contributed by atoms with E-state index in [2.05, 4.69) is 15.5 Å². The number of nitrogens with zero attached hydrogens (tertiary/aromatic N) is 1. The SMILES string of the molecule is CCNc1cc2c(c(C(=O)NC[C@@H]3CCN(CCC4OCCO4)C[C@H]3O)c1)OCCCO2. The number of hydrogen-bond acceptors (Lipinski definition) is 8. The van der Waals surface area contributed by atoms with E-state index in [1.807, 2.05) is 13.0 Å². The summed E-state index contributed by atoms with van der Waals surface area (Å²) in [7, 11) is 0. The van der Waals surface area contributed by atoms with Gasteiger partial charge in [-0.15, -0.1) is 0 Å². The van der Waals surface area contributed by atoms with Crippen LogP contribution in [0.4, 0.5) is 5.69 Å². The zero-order chi connectivity index (χ0) is 22.3. The van der Waals surface area contributed by atoms with Crippen molar-refractivity contribution in [3.8, 4) is 11.5 Å². The van der Waals surface area contributed by atoms with Gasteiger partial charge in [-0.1, -0.05) is 0 Å². The summed E-state index contributed by atoms with van der Waals surface area (Å²) >= 11 is 0. The average Bonchev–Trinajstić information content (AvgIpc) is 3.20. The fourth-order valence-corrected chi connectivity index (χ4v) is 4.42. The Morgan fingerprint density at radius 2 is 2.00 bits per heavy atom. The topological polar surface area (TPSA) is 102 Å². The maximum absolute atomic E-state index is 13.1. The first kappa shape index (κ1) is 23.1. The van der Waals surface area contributed by atoms with E-state index in [-0.39, 0.29) is 18.1 Å². The molecule has 3 heterocycles. The lowest BCUT2D eigenvalue weighted by Gasteiger charge is -2.36. The monoisotopic (exact) mass is 449 g/mol. The lowest BCUT2D eigenvalue weighted by Crippen LogP contribution is -2.48. The number of piperidine rings is 1. The Hall–Kier alpha value is -2.07. The zero-order valence-corrected chi connectivity index (χ0v) is 18.8. The standard InChI is InChI=1S/C23H35N3O6/c1-2-24-17-12-18(22-20(13-17)29-8-3-9-32-22)23(28)25-14-16-4-6-26(15-19(16)27)7-5-21-30-10-11-31-21/h12-13,16,19,21,24,27H,2-11,14-15H2,1H3,(H,25,28)/t16-,19+/m0/s1. The van der Waals surface area contributed by atoms with E-state index in [1.165, 1.54) is 0 Å². The molecule has 2 saturated heterocycles. The Bertz CT molecular complexity index is 770. The van der Waals surface area contributed by atoms with Crippen LogP contribution in [0.2, 0.25) is 0 Å². The van der Waals surface area contributed by atoms with Gasteiger partial charge in [0.05, 0.1) is 38.1 Å². The third-order valence-electron chi connectivity index (χ3n) is 6.18. The van der Waals surface area contributed by atoms with E-state index >= 15 is 0 Å². The second-order valence-corrected chi connectivity index (χ2v) is 8.52. The second-order valence-electron chi connectivity index (χ2n) is 8.52. The van der Waals surface area contributed by atoms with Gasteiger partial charge in [-0.25, -0.2) is 0 Å². The summed E-state index contributed by atoms with van der Waals surface area (Å²) in [4.78, 5) is 15.3. The first-order valence-electron chi connectivity index (χ1n) is 11.7. The first-order chi connectivity index (χ1) is 15.6. The molecule has 0 aromatic heterocycles. The fraction of sp³-hybridized carbons (Fsp3) is 0.696. The lowest BCUT2D eigenvalue weighted by molar-refractivity contribution is -0.0576. The summed E-state index contributed by atoms with van der Waals surface area (Å²) in [5, 5.41) is 16.9. The Balaban J connectivity index is 1.32. The smallest absolute Gasteiger partial charge is 0.255 e. The molecule has 3 N–H and O–H groups in total. The second kappa shape index (κ2) is 11.2. The molecular weight excluding hydrogens is 414 g/mol. The van der Waals surface area contributed by atoms with Gasteiger partial charge < -0.3 is 39.6 Å². The molecule has 32 heavy (non-hydrogen) atoms.